The van der Waals surface area contributed by atoms with Crippen LogP contribution >= 0.6 is 0 Å². The second kappa shape index (κ2) is 6.75. The van der Waals surface area contributed by atoms with Crippen LogP contribution in [0.4, 0.5) is 0 Å². The monoisotopic (exact) mass is 364 g/mol. The van der Waals surface area contributed by atoms with Gasteiger partial charge in [0.25, 0.3) is 5.89 Å². The molecule has 0 bridgehead atoms. The summed E-state index contributed by atoms with van der Waals surface area (Å²) in [5.74, 6) is 2.05. The maximum absolute atomic E-state index is 5.50. The minimum atomic E-state index is 0.312. The molecule has 7 nitrogen and oxygen atoms in total. The quantitative estimate of drug-likeness (QED) is 0.524. The Hall–Kier alpha value is -3.35. The maximum Gasteiger partial charge on any atom is 0.262 e. The predicted molar refractivity (Wildman–Crippen MR) is 102 cm³/mol. The van der Waals surface area contributed by atoms with Crippen LogP contribution in [0.3, 0.4) is 0 Å². The van der Waals surface area contributed by atoms with Gasteiger partial charge in [-0.15, -0.1) is 0 Å². The smallest absolute Gasteiger partial charge is 0.262 e. The summed E-state index contributed by atoms with van der Waals surface area (Å²) in [6.07, 6.45) is 1.85. The summed E-state index contributed by atoms with van der Waals surface area (Å²) in [5.41, 5.74) is 3.52. The van der Waals surface area contributed by atoms with Crippen molar-refractivity contribution in [1.29, 1.82) is 0 Å². The SMILES string of the molecule is COc1cccc(-c2nc(-c3ccc4ncn(C(C)C)c4c3)no2)c1OC. The predicted octanol–water partition coefficient (Wildman–Crippen LogP) is 4.35. The zero-order chi connectivity index (χ0) is 19.0. The average molecular weight is 364 g/mol. The Morgan fingerprint density at radius 3 is 2.67 bits per heavy atom. The molecule has 2 aromatic heterocycles. The number of para-hydroxylation sites is 1. The van der Waals surface area contributed by atoms with E-state index in [1.807, 2.05) is 42.7 Å². The van der Waals surface area contributed by atoms with Crippen LogP contribution in [0.25, 0.3) is 33.9 Å². The molecule has 0 aliphatic carbocycles. The average Bonchev–Trinajstić information content (AvgIpc) is 3.33. The van der Waals surface area contributed by atoms with E-state index in [1.165, 1.54) is 0 Å². The largest absolute Gasteiger partial charge is 0.493 e. The third kappa shape index (κ3) is 2.91. The van der Waals surface area contributed by atoms with E-state index in [0.717, 1.165) is 16.6 Å². The lowest BCUT2D eigenvalue weighted by molar-refractivity contribution is 0.353. The molecule has 4 aromatic rings. The molecule has 0 radical (unpaired) electrons. The number of methoxy groups -OCH3 is 2. The molecular weight excluding hydrogens is 344 g/mol. The first-order valence-corrected chi connectivity index (χ1v) is 8.64. The van der Waals surface area contributed by atoms with E-state index in [-0.39, 0.29) is 0 Å². The van der Waals surface area contributed by atoms with Gasteiger partial charge in [-0.3, -0.25) is 0 Å². The fourth-order valence-electron chi connectivity index (χ4n) is 3.08. The number of imidazole rings is 1. The highest BCUT2D eigenvalue weighted by molar-refractivity contribution is 5.81. The van der Waals surface area contributed by atoms with Crippen molar-refractivity contribution in [2.24, 2.45) is 0 Å². The molecule has 2 aromatic carbocycles. The minimum Gasteiger partial charge on any atom is -0.493 e. The molecule has 0 saturated carbocycles. The molecule has 0 spiro atoms. The van der Waals surface area contributed by atoms with Gasteiger partial charge in [-0.05, 0) is 44.2 Å². The van der Waals surface area contributed by atoms with Gasteiger partial charge in [0.1, 0.15) is 0 Å². The molecule has 0 aliphatic rings. The molecule has 0 saturated heterocycles. The van der Waals surface area contributed by atoms with Crippen LogP contribution in [0.5, 0.6) is 11.5 Å². The van der Waals surface area contributed by atoms with E-state index >= 15 is 0 Å². The fourth-order valence-corrected chi connectivity index (χ4v) is 3.08. The molecule has 2 heterocycles. The Morgan fingerprint density at radius 2 is 1.93 bits per heavy atom. The third-order valence-corrected chi connectivity index (χ3v) is 4.45. The van der Waals surface area contributed by atoms with Crippen LogP contribution in [0.15, 0.2) is 47.2 Å². The van der Waals surface area contributed by atoms with Crippen molar-refractivity contribution < 1.29 is 14.0 Å². The zero-order valence-electron chi connectivity index (χ0n) is 15.6. The van der Waals surface area contributed by atoms with Crippen molar-refractivity contribution in [3.8, 4) is 34.3 Å². The number of aromatic nitrogens is 4. The van der Waals surface area contributed by atoms with Crippen LogP contribution < -0.4 is 9.47 Å². The van der Waals surface area contributed by atoms with Gasteiger partial charge in [0.05, 0.1) is 37.1 Å². The first-order valence-electron chi connectivity index (χ1n) is 8.64. The summed E-state index contributed by atoms with van der Waals surface area (Å²) in [6.45, 7) is 4.24. The Balaban J connectivity index is 1.77. The summed E-state index contributed by atoms with van der Waals surface area (Å²) < 4.78 is 18.4. The third-order valence-electron chi connectivity index (χ3n) is 4.45. The topological polar surface area (TPSA) is 75.2 Å². The molecule has 7 heteroatoms. The summed E-state index contributed by atoms with van der Waals surface area (Å²) in [5, 5.41) is 4.15. The molecule has 0 N–H and O–H groups in total. The van der Waals surface area contributed by atoms with Crippen molar-refractivity contribution in [1.82, 2.24) is 19.7 Å². The standard InChI is InChI=1S/C20H20N4O3/c1-12(2)24-11-21-15-9-8-13(10-16(15)24)19-22-20(27-23-19)14-6-5-7-17(25-3)18(14)26-4/h5-12H,1-4H3. The first-order chi connectivity index (χ1) is 13.1. The molecule has 4 rings (SSSR count). The minimum absolute atomic E-state index is 0.312. The zero-order valence-corrected chi connectivity index (χ0v) is 15.6. The van der Waals surface area contributed by atoms with Crippen LogP contribution in [0, 0.1) is 0 Å². The number of fused-ring (bicyclic) bond motifs is 1. The summed E-state index contributed by atoms with van der Waals surface area (Å²) in [7, 11) is 3.17. The number of hydrogen-bond acceptors (Lipinski definition) is 6. The molecule has 0 amide bonds. The maximum atomic E-state index is 5.50. The van der Waals surface area contributed by atoms with E-state index in [9.17, 15) is 0 Å². The highest BCUT2D eigenvalue weighted by Gasteiger charge is 2.18. The van der Waals surface area contributed by atoms with Crippen LogP contribution in [-0.4, -0.2) is 33.9 Å². The van der Waals surface area contributed by atoms with Gasteiger partial charge < -0.3 is 18.6 Å². The van der Waals surface area contributed by atoms with E-state index in [2.05, 4.69) is 33.5 Å². The second-order valence-corrected chi connectivity index (χ2v) is 6.41. The lowest BCUT2D eigenvalue weighted by Crippen LogP contribution is -1.98. The van der Waals surface area contributed by atoms with Crippen molar-refractivity contribution in [2.75, 3.05) is 14.2 Å². The van der Waals surface area contributed by atoms with E-state index in [0.29, 0.717) is 34.8 Å². The highest BCUT2D eigenvalue weighted by atomic mass is 16.5. The number of nitrogens with zero attached hydrogens (tertiary/aromatic N) is 4. The Bertz CT molecular complexity index is 1100. The summed E-state index contributed by atoms with van der Waals surface area (Å²) in [6, 6.07) is 11.8. The van der Waals surface area contributed by atoms with Crippen molar-refractivity contribution >= 4 is 11.0 Å². The van der Waals surface area contributed by atoms with Gasteiger partial charge in [-0.2, -0.15) is 4.98 Å². The van der Waals surface area contributed by atoms with Crippen molar-refractivity contribution in [3.05, 3.63) is 42.7 Å². The Morgan fingerprint density at radius 1 is 1.07 bits per heavy atom. The lowest BCUT2D eigenvalue weighted by atomic mass is 10.1. The van der Waals surface area contributed by atoms with E-state index in [4.69, 9.17) is 14.0 Å². The molecule has 138 valence electrons. The number of hydrogen-bond donors (Lipinski definition) is 0. The van der Waals surface area contributed by atoms with Crippen molar-refractivity contribution in [2.45, 2.75) is 19.9 Å². The van der Waals surface area contributed by atoms with E-state index in [1.54, 1.807) is 14.2 Å². The fraction of sp³-hybridized carbons (Fsp3) is 0.250. The molecule has 27 heavy (non-hydrogen) atoms. The van der Waals surface area contributed by atoms with E-state index < -0.39 is 0 Å². The molecule has 0 atom stereocenters. The molecule has 0 fully saturated rings. The normalized spacial score (nSPS) is 11.3. The van der Waals surface area contributed by atoms with Gasteiger partial charge in [0.15, 0.2) is 11.5 Å². The number of rotatable bonds is 5. The van der Waals surface area contributed by atoms with Gasteiger partial charge in [-0.1, -0.05) is 11.2 Å². The number of ether oxygens (including phenoxy) is 2. The van der Waals surface area contributed by atoms with Gasteiger partial charge in [0.2, 0.25) is 5.82 Å². The van der Waals surface area contributed by atoms with Gasteiger partial charge in [-0.25, -0.2) is 4.98 Å². The highest BCUT2D eigenvalue weighted by Crippen LogP contribution is 2.37. The summed E-state index contributed by atoms with van der Waals surface area (Å²) in [4.78, 5) is 9.00. The Kier molecular flexibility index (Phi) is 4.27. The molecule has 0 aliphatic heterocycles. The van der Waals surface area contributed by atoms with Crippen LogP contribution in [-0.2, 0) is 0 Å². The van der Waals surface area contributed by atoms with Gasteiger partial charge >= 0.3 is 0 Å². The van der Waals surface area contributed by atoms with Crippen molar-refractivity contribution in [3.63, 3.8) is 0 Å². The van der Waals surface area contributed by atoms with Crippen LogP contribution in [0.2, 0.25) is 0 Å². The summed E-state index contributed by atoms with van der Waals surface area (Å²) >= 11 is 0. The van der Waals surface area contributed by atoms with Crippen LogP contribution in [0.1, 0.15) is 19.9 Å². The lowest BCUT2D eigenvalue weighted by Gasteiger charge is -2.09. The molecule has 0 unspecified atom stereocenters. The number of benzene rings is 2. The Labute approximate surface area is 156 Å². The molecular formula is C20H20N4O3. The first kappa shape index (κ1) is 17.1. The van der Waals surface area contributed by atoms with Gasteiger partial charge in [0, 0.05) is 11.6 Å². The second-order valence-electron chi connectivity index (χ2n) is 6.41.